The largest absolute Gasteiger partial charge is 0.332 e. The number of aromatic nitrogens is 5. The van der Waals surface area contributed by atoms with Crippen molar-refractivity contribution < 1.29 is 0 Å². The third-order valence-corrected chi connectivity index (χ3v) is 5.59. The van der Waals surface area contributed by atoms with Gasteiger partial charge in [-0.1, -0.05) is 23.7 Å². The number of imidazole rings is 2. The molecule has 0 saturated carbocycles. The number of nitrogens with zero attached hydrogens (tertiary/aromatic N) is 6. The first-order valence-corrected chi connectivity index (χ1v) is 10.2. The Kier molecular flexibility index (Phi) is 5.29. The lowest BCUT2D eigenvalue weighted by Crippen LogP contribution is -2.39. The molecule has 0 amide bonds. The van der Waals surface area contributed by atoms with Crippen molar-refractivity contribution in [3.63, 3.8) is 0 Å². The summed E-state index contributed by atoms with van der Waals surface area (Å²) in [6, 6.07) is 7.17. The van der Waals surface area contributed by atoms with Crippen LogP contribution in [0.5, 0.6) is 0 Å². The minimum Gasteiger partial charge on any atom is -0.314 e. The Bertz CT molecular complexity index is 1360. The highest BCUT2D eigenvalue weighted by atomic mass is 35.5. The van der Waals surface area contributed by atoms with Crippen molar-refractivity contribution in [2.24, 2.45) is 7.05 Å². The molecule has 158 valence electrons. The second kappa shape index (κ2) is 7.77. The molecular weight excluding hydrogens is 404 g/mol. The maximum Gasteiger partial charge on any atom is 0.332 e. The van der Waals surface area contributed by atoms with E-state index in [2.05, 4.69) is 14.5 Å². The van der Waals surface area contributed by atoms with Crippen molar-refractivity contribution in [3.05, 3.63) is 67.6 Å². The van der Waals surface area contributed by atoms with Crippen LogP contribution in [0.25, 0.3) is 16.9 Å². The van der Waals surface area contributed by atoms with E-state index in [0.717, 1.165) is 30.8 Å². The van der Waals surface area contributed by atoms with Gasteiger partial charge in [-0.15, -0.1) is 0 Å². The lowest BCUT2D eigenvalue weighted by atomic mass is 10.2. The van der Waals surface area contributed by atoms with E-state index in [1.54, 1.807) is 29.6 Å². The van der Waals surface area contributed by atoms with Crippen LogP contribution >= 0.6 is 11.6 Å². The van der Waals surface area contributed by atoms with E-state index >= 15 is 0 Å². The van der Waals surface area contributed by atoms with Crippen LogP contribution in [0, 0.1) is 6.92 Å². The maximum atomic E-state index is 13.3. The molecule has 9 heteroatoms. The molecule has 0 N–H and O–H groups in total. The van der Waals surface area contributed by atoms with Gasteiger partial charge in [0.15, 0.2) is 11.2 Å². The molecule has 3 aromatic heterocycles. The van der Waals surface area contributed by atoms with Crippen molar-refractivity contribution in [1.82, 2.24) is 28.0 Å². The molecule has 0 fully saturated rings. The van der Waals surface area contributed by atoms with Crippen LogP contribution in [-0.2, 0) is 20.1 Å². The second-order valence-corrected chi connectivity index (χ2v) is 8.33. The zero-order chi connectivity index (χ0) is 21.6. The van der Waals surface area contributed by atoms with E-state index in [9.17, 15) is 9.59 Å². The van der Waals surface area contributed by atoms with Crippen molar-refractivity contribution in [2.45, 2.75) is 26.4 Å². The number of aryl methyl sites for hydroxylation is 3. The summed E-state index contributed by atoms with van der Waals surface area (Å²) in [6.45, 7) is 3.89. The highest BCUT2D eigenvalue weighted by Gasteiger charge is 2.20. The van der Waals surface area contributed by atoms with Crippen molar-refractivity contribution in [3.8, 4) is 0 Å². The van der Waals surface area contributed by atoms with E-state index in [1.807, 2.05) is 33.3 Å². The molecule has 0 bridgehead atoms. The van der Waals surface area contributed by atoms with Gasteiger partial charge in [-0.05, 0) is 51.7 Å². The summed E-state index contributed by atoms with van der Waals surface area (Å²) >= 11 is 6.07. The van der Waals surface area contributed by atoms with Crippen LogP contribution in [0.15, 0.2) is 40.1 Å². The van der Waals surface area contributed by atoms with Crippen LogP contribution < -0.4 is 11.2 Å². The first-order chi connectivity index (χ1) is 14.3. The van der Waals surface area contributed by atoms with Crippen LogP contribution in [0.4, 0.5) is 0 Å². The quantitative estimate of drug-likeness (QED) is 0.471. The molecule has 0 aliphatic carbocycles. The maximum absolute atomic E-state index is 13.3. The summed E-state index contributed by atoms with van der Waals surface area (Å²) < 4.78 is 6.57. The summed E-state index contributed by atoms with van der Waals surface area (Å²) in [7, 11) is 5.73. The van der Waals surface area contributed by atoms with E-state index in [0.29, 0.717) is 22.0 Å². The second-order valence-electron chi connectivity index (χ2n) is 7.90. The summed E-state index contributed by atoms with van der Waals surface area (Å²) in [6.07, 6.45) is 2.87. The van der Waals surface area contributed by atoms with E-state index in [4.69, 9.17) is 11.6 Å². The molecular formula is C21H25ClN6O2. The normalized spacial score (nSPS) is 11.9. The summed E-state index contributed by atoms with van der Waals surface area (Å²) in [5.74, 6) is 0.675. The van der Waals surface area contributed by atoms with Gasteiger partial charge >= 0.3 is 5.69 Å². The molecule has 0 radical (unpaired) electrons. The molecule has 4 rings (SSSR count). The smallest absolute Gasteiger partial charge is 0.314 e. The topological polar surface area (TPSA) is 69.5 Å². The Hall–Kier alpha value is -2.84. The highest BCUT2D eigenvalue weighted by Crippen LogP contribution is 2.17. The Morgan fingerprint density at radius 1 is 1.17 bits per heavy atom. The first kappa shape index (κ1) is 20.4. The molecule has 3 heterocycles. The molecule has 0 spiro atoms. The van der Waals surface area contributed by atoms with E-state index in [1.165, 1.54) is 9.13 Å². The van der Waals surface area contributed by atoms with Crippen LogP contribution in [-0.4, -0.2) is 48.6 Å². The minimum absolute atomic E-state index is 0.151. The lowest BCUT2D eigenvalue weighted by Gasteiger charge is -2.10. The van der Waals surface area contributed by atoms with Gasteiger partial charge in [-0.25, -0.2) is 4.79 Å². The van der Waals surface area contributed by atoms with Crippen molar-refractivity contribution in [2.75, 3.05) is 20.6 Å². The molecule has 0 saturated heterocycles. The molecule has 1 aromatic carbocycles. The van der Waals surface area contributed by atoms with Crippen molar-refractivity contribution >= 4 is 28.5 Å². The number of halogens is 1. The number of fused-ring (bicyclic) bond motifs is 3. The van der Waals surface area contributed by atoms with Crippen LogP contribution in [0.1, 0.15) is 17.7 Å². The average molecular weight is 429 g/mol. The SMILES string of the molecule is Cc1cn2c3c(=O)n(Cc4cccc(Cl)c4)c(=O)n(C)c3nc2n1CCCN(C)C. The predicted octanol–water partition coefficient (Wildman–Crippen LogP) is 2.11. The lowest BCUT2D eigenvalue weighted by molar-refractivity contribution is 0.387. The Labute approximate surface area is 178 Å². The van der Waals surface area contributed by atoms with E-state index < -0.39 is 5.69 Å². The Balaban J connectivity index is 1.87. The fourth-order valence-corrected chi connectivity index (χ4v) is 4.05. The zero-order valence-electron chi connectivity index (χ0n) is 17.6. The van der Waals surface area contributed by atoms with Gasteiger partial charge in [0.1, 0.15) is 0 Å². The van der Waals surface area contributed by atoms with E-state index in [-0.39, 0.29) is 12.1 Å². The van der Waals surface area contributed by atoms with Crippen LogP contribution in [0.2, 0.25) is 5.02 Å². The third-order valence-electron chi connectivity index (χ3n) is 5.36. The predicted molar refractivity (Wildman–Crippen MR) is 119 cm³/mol. The van der Waals surface area contributed by atoms with Gasteiger partial charge in [-0.3, -0.25) is 18.3 Å². The zero-order valence-corrected chi connectivity index (χ0v) is 18.3. The molecule has 8 nitrogen and oxygen atoms in total. The number of hydrogen-bond acceptors (Lipinski definition) is 4. The van der Waals surface area contributed by atoms with Crippen LogP contribution in [0.3, 0.4) is 0 Å². The van der Waals surface area contributed by atoms with Gasteiger partial charge in [-0.2, -0.15) is 4.98 Å². The summed E-state index contributed by atoms with van der Waals surface area (Å²) in [4.78, 5) is 33.0. The minimum atomic E-state index is -0.399. The van der Waals surface area contributed by atoms with Gasteiger partial charge < -0.3 is 9.47 Å². The highest BCUT2D eigenvalue weighted by molar-refractivity contribution is 6.30. The molecule has 0 aliphatic heterocycles. The standard InChI is InChI=1S/C21H25ClN6O2/c1-14-12-27-17-18(23-20(27)26(14)10-6-9-24(2)3)25(4)21(30)28(19(17)29)13-15-7-5-8-16(22)11-15/h5,7-8,11-12H,6,9-10,13H2,1-4H3. The van der Waals surface area contributed by atoms with Gasteiger partial charge in [0, 0.05) is 30.5 Å². The monoisotopic (exact) mass is 428 g/mol. The Morgan fingerprint density at radius 3 is 2.63 bits per heavy atom. The average Bonchev–Trinajstić information content (AvgIpc) is 3.19. The number of hydrogen-bond donors (Lipinski definition) is 0. The molecule has 4 aromatic rings. The van der Waals surface area contributed by atoms with Crippen molar-refractivity contribution in [1.29, 1.82) is 0 Å². The number of benzene rings is 1. The van der Waals surface area contributed by atoms with Gasteiger partial charge in [0.25, 0.3) is 5.56 Å². The molecule has 0 aliphatic rings. The van der Waals surface area contributed by atoms with Gasteiger partial charge in [0.2, 0.25) is 5.78 Å². The molecule has 0 atom stereocenters. The fraction of sp³-hybridized carbons (Fsp3) is 0.381. The fourth-order valence-electron chi connectivity index (χ4n) is 3.83. The van der Waals surface area contributed by atoms with Gasteiger partial charge in [0.05, 0.1) is 6.54 Å². The summed E-state index contributed by atoms with van der Waals surface area (Å²) in [5.41, 5.74) is 1.86. The number of rotatable bonds is 6. The molecule has 0 unspecified atom stereocenters. The molecule has 30 heavy (non-hydrogen) atoms. The third kappa shape index (κ3) is 3.46. The Morgan fingerprint density at radius 2 is 1.93 bits per heavy atom. The summed E-state index contributed by atoms with van der Waals surface area (Å²) in [5, 5.41) is 0.565. The first-order valence-electron chi connectivity index (χ1n) is 9.85.